The Morgan fingerprint density at radius 3 is 2.50 bits per heavy atom. The second-order valence-electron chi connectivity index (χ2n) is 5.52. The molecule has 2 rings (SSSR count). The van der Waals surface area contributed by atoms with Crippen molar-refractivity contribution in [1.82, 2.24) is 10.2 Å². The van der Waals surface area contributed by atoms with Crippen LogP contribution in [0, 0.1) is 0 Å². The number of hydrogen-bond donors (Lipinski definition) is 1. The van der Waals surface area contributed by atoms with Crippen LogP contribution in [0.2, 0.25) is 0 Å². The first-order valence-corrected chi connectivity index (χ1v) is 7.37. The minimum absolute atomic E-state index is 0.820. The van der Waals surface area contributed by atoms with Gasteiger partial charge in [-0.05, 0) is 38.8 Å². The Balaban J connectivity index is 1.70. The van der Waals surface area contributed by atoms with E-state index in [0.29, 0.717) is 0 Å². The van der Waals surface area contributed by atoms with Crippen LogP contribution in [0.5, 0.6) is 0 Å². The van der Waals surface area contributed by atoms with Crippen molar-refractivity contribution in [2.45, 2.75) is 70.4 Å². The molecule has 0 spiro atoms. The molecule has 1 atom stereocenters. The minimum atomic E-state index is 0.820. The molecule has 2 nitrogen and oxygen atoms in total. The largest absolute Gasteiger partial charge is 0.312 e. The Kier molecular flexibility index (Phi) is 5.11. The fourth-order valence-electron chi connectivity index (χ4n) is 3.32. The third-order valence-corrected chi connectivity index (χ3v) is 4.40. The van der Waals surface area contributed by atoms with Gasteiger partial charge in [-0.2, -0.15) is 0 Å². The van der Waals surface area contributed by atoms with Crippen LogP contribution < -0.4 is 5.32 Å². The lowest BCUT2D eigenvalue weighted by Gasteiger charge is -2.36. The van der Waals surface area contributed by atoms with Crippen LogP contribution in [0.15, 0.2) is 0 Å². The molecule has 2 aliphatic rings. The summed E-state index contributed by atoms with van der Waals surface area (Å²) in [6, 6.07) is 1.65. The maximum Gasteiger partial charge on any atom is 0.0220 e. The molecule has 0 aromatic heterocycles. The molecule has 1 saturated carbocycles. The van der Waals surface area contributed by atoms with E-state index in [9.17, 15) is 0 Å². The molecule has 1 aliphatic carbocycles. The lowest BCUT2D eigenvalue weighted by Crippen LogP contribution is -2.47. The zero-order chi connectivity index (χ0) is 11.2. The Morgan fingerprint density at radius 1 is 1.00 bits per heavy atom. The molecule has 0 aromatic rings. The van der Waals surface area contributed by atoms with Gasteiger partial charge in [0.15, 0.2) is 0 Å². The van der Waals surface area contributed by atoms with Crippen molar-refractivity contribution in [3.63, 3.8) is 0 Å². The average Bonchev–Trinajstić information content (AvgIpc) is 2.38. The van der Waals surface area contributed by atoms with Gasteiger partial charge < -0.3 is 5.32 Å². The van der Waals surface area contributed by atoms with Crippen molar-refractivity contribution in [2.75, 3.05) is 19.6 Å². The first-order chi connectivity index (χ1) is 7.90. The molecule has 0 radical (unpaired) electrons. The van der Waals surface area contributed by atoms with Gasteiger partial charge in [-0.25, -0.2) is 0 Å². The molecule has 2 heteroatoms. The molecule has 1 saturated heterocycles. The lowest BCUT2D eigenvalue weighted by atomic mass is 9.94. The van der Waals surface area contributed by atoms with Gasteiger partial charge in [0, 0.05) is 18.6 Å². The summed E-state index contributed by atoms with van der Waals surface area (Å²) in [6.07, 6.45) is 11.4. The highest BCUT2D eigenvalue weighted by Crippen LogP contribution is 2.19. The first-order valence-electron chi connectivity index (χ1n) is 7.37. The van der Waals surface area contributed by atoms with Gasteiger partial charge in [0.25, 0.3) is 0 Å². The van der Waals surface area contributed by atoms with E-state index in [1.54, 1.807) is 0 Å². The topological polar surface area (TPSA) is 15.3 Å². The highest BCUT2D eigenvalue weighted by Gasteiger charge is 2.22. The van der Waals surface area contributed by atoms with Crippen molar-refractivity contribution in [2.24, 2.45) is 0 Å². The summed E-state index contributed by atoms with van der Waals surface area (Å²) in [5.74, 6) is 0. The normalized spacial score (nSPS) is 29.4. The standard InChI is InChI=1S/C14H28N2/c1-2-16-11-7-6-10-14(16)12-15-13-8-4-3-5-9-13/h13-15H,2-12H2,1H3. The number of nitrogens with one attached hydrogen (secondary N) is 1. The quantitative estimate of drug-likeness (QED) is 0.790. The molecule has 2 fully saturated rings. The highest BCUT2D eigenvalue weighted by molar-refractivity contribution is 4.81. The fourth-order valence-corrected chi connectivity index (χ4v) is 3.32. The van der Waals surface area contributed by atoms with Crippen molar-refractivity contribution < 1.29 is 0 Å². The van der Waals surface area contributed by atoms with Crippen LogP contribution in [-0.4, -0.2) is 36.6 Å². The second kappa shape index (κ2) is 6.61. The summed E-state index contributed by atoms with van der Waals surface area (Å²) in [6.45, 7) is 6.10. The molecule has 1 aliphatic heterocycles. The van der Waals surface area contributed by atoms with Crippen molar-refractivity contribution >= 4 is 0 Å². The summed E-state index contributed by atoms with van der Waals surface area (Å²) >= 11 is 0. The molecular formula is C14H28N2. The number of likely N-dealkylation sites (tertiary alicyclic amines) is 1. The third-order valence-electron chi connectivity index (χ3n) is 4.40. The monoisotopic (exact) mass is 224 g/mol. The molecule has 0 bridgehead atoms. The van der Waals surface area contributed by atoms with E-state index in [1.165, 1.54) is 71.0 Å². The van der Waals surface area contributed by atoms with E-state index in [1.807, 2.05) is 0 Å². The predicted molar refractivity (Wildman–Crippen MR) is 69.8 cm³/mol. The lowest BCUT2D eigenvalue weighted by molar-refractivity contribution is 0.147. The van der Waals surface area contributed by atoms with Gasteiger partial charge in [-0.1, -0.05) is 32.6 Å². The van der Waals surface area contributed by atoms with Crippen LogP contribution in [0.4, 0.5) is 0 Å². The van der Waals surface area contributed by atoms with Crippen LogP contribution in [0.25, 0.3) is 0 Å². The van der Waals surface area contributed by atoms with Crippen LogP contribution >= 0.6 is 0 Å². The van der Waals surface area contributed by atoms with Gasteiger partial charge in [-0.3, -0.25) is 4.90 Å². The van der Waals surface area contributed by atoms with Gasteiger partial charge >= 0.3 is 0 Å². The molecule has 1 unspecified atom stereocenters. The van der Waals surface area contributed by atoms with Crippen LogP contribution in [0.3, 0.4) is 0 Å². The summed E-state index contributed by atoms with van der Waals surface area (Å²) in [7, 11) is 0. The van der Waals surface area contributed by atoms with E-state index >= 15 is 0 Å². The van der Waals surface area contributed by atoms with Crippen LogP contribution in [0.1, 0.15) is 58.3 Å². The first kappa shape index (κ1) is 12.4. The Labute approximate surface area is 101 Å². The summed E-state index contributed by atoms with van der Waals surface area (Å²) in [5, 5.41) is 3.81. The van der Waals surface area contributed by atoms with Crippen molar-refractivity contribution in [1.29, 1.82) is 0 Å². The van der Waals surface area contributed by atoms with Gasteiger partial charge in [0.1, 0.15) is 0 Å². The Bertz CT molecular complexity index is 187. The number of nitrogens with zero attached hydrogens (tertiary/aromatic N) is 1. The maximum absolute atomic E-state index is 3.81. The molecule has 1 N–H and O–H groups in total. The van der Waals surface area contributed by atoms with E-state index in [4.69, 9.17) is 0 Å². The van der Waals surface area contributed by atoms with Crippen LogP contribution in [-0.2, 0) is 0 Å². The minimum Gasteiger partial charge on any atom is -0.312 e. The molecule has 16 heavy (non-hydrogen) atoms. The summed E-state index contributed by atoms with van der Waals surface area (Å²) < 4.78 is 0. The third kappa shape index (κ3) is 3.46. The van der Waals surface area contributed by atoms with Gasteiger partial charge in [0.2, 0.25) is 0 Å². The molecular weight excluding hydrogens is 196 g/mol. The number of hydrogen-bond acceptors (Lipinski definition) is 2. The Morgan fingerprint density at radius 2 is 1.75 bits per heavy atom. The average molecular weight is 224 g/mol. The Hall–Kier alpha value is -0.0800. The highest BCUT2D eigenvalue weighted by atomic mass is 15.2. The molecule has 0 aromatic carbocycles. The number of likely N-dealkylation sites (N-methyl/N-ethyl adjacent to an activating group) is 1. The predicted octanol–water partition coefficient (Wildman–Crippen LogP) is 2.78. The van der Waals surface area contributed by atoms with Crippen molar-refractivity contribution in [3.8, 4) is 0 Å². The van der Waals surface area contributed by atoms with E-state index < -0.39 is 0 Å². The molecule has 0 amide bonds. The summed E-state index contributed by atoms with van der Waals surface area (Å²) in [5.41, 5.74) is 0. The summed E-state index contributed by atoms with van der Waals surface area (Å²) in [4.78, 5) is 2.67. The van der Waals surface area contributed by atoms with E-state index in [0.717, 1.165) is 12.1 Å². The van der Waals surface area contributed by atoms with Gasteiger partial charge in [0.05, 0.1) is 0 Å². The smallest absolute Gasteiger partial charge is 0.0220 e. The molecule has 94 valence electrons. The number of rotatable bonds is 4. The van der Waals surface area contributed by atoms with Gasteiger partial charge in [-0.15, -0.1) is 0 Å². The second-order valence-corrected chi connectivity index (χ2v) is 5.52. The van der Waals surface area contributed by atoms with Crippen molar-refractivity contribution in [3.05, 3.63) is 0 Å². The SMILES string of the molecule is CCN1CCCCC1CNC1CCCCC1. The fraction of sp³-hybridized carbons (Fsp3) is 1.00. The number of piperidine rings is 1. The zero-order valence-corrected chi connectivity index (χ0v) is 10.9. The molecule has 1 heterocycles. The zero-order valence-electron chi connectivity index (χ0n) is 10.9. The van der Waals surface area contributed by atoms with E-state index in [2.05, 4.69) is 17.1 Å². The van der Waals surface area contributed by atoms with E-state index in [-0.39, 0.29) is 0 Å². The maximum atomic E-state index is 3.81.